The number of nitrogens with zero attached hydrogens (tertiary/aromatic N) is 1. The lowest BCUT2D eigenvalue weighted by Gasteiger charge is -2.23. The van der Waals surface area contributed by atoms with Crippen molar-refractivity contribution in [2.45, 2.75) is 13.8 Å². The maximum Gasteiger partial charge on any atom is 0.340 e. The van der Waals surface area contributed by atoms with Gasteiger partial charge >= 0.3 is 5.97 Å². The molecule has 0 bridgehead atoms. The standard InChI is InChI=1S/C15H23N3O3/c1-5-21-15(20)12-8-11(6-7-13(12)16)18(4)9-10(2)14(19)17-3/h6-8,10H,5,9,16H2,1-4H3,(H,17,19). The Labute approximate surface area is 125 Å². The fraction of sp³-hybridized carbons (Fsp3) is 0.467. The Kier molecular flexibility index (Phi) is 6.02. The van der Waals surface area contributed by atoms with Gasteiger partial charge in [-0.3, -0.25) is 4.79 Å². The van der Waals surface area contributed by atoms with Gasteiger partial charge in [-0.15, -0.1) is 0 Å². The summed E-state index contributed by atoms with van der Waals surface area (Å²) >= 11 is 0. The Morgan fingerprint density at radius 3 is 2.67 bits per heavy atom. The first-order chi connectivity index (χ1) is 9.90. The first-order valence-electron chi connectivity index (χ1n) is 6.90. The normalized spacial score (nSPS) is 11.6. The van der Waals surface area contributed by atoms with E-state index in [0.717, 1.165) is 5.69 Å². The van der Waals surface area contributed by atoms with Gasteiger partial charge in [-0.05, 0) is 25.1 Å². The molecule has 1 amide bonds. The van der Waals surface area contributed by atoms with Crippen LogP contribution in [-0.4, -0.2) is 39.1 Å². The van der Waals surface area contributed by atoms with E-state index in [0.29, 0.717) is 24.4 Å². The van der Waals surface area contributed by atoms with Gasteiger partial charge in [0, 0.05) is 32.0 Å². The first-order valence-corrected chi connectivity index (χ1v) is 6.90. The van der Waals surface area contributed by atoms with Crippen LogP contribution in [0.4, 0.5) is 11.4 Å². The number of esters is 1. The molecule has 0 saturated carbocycles. The third-order valence-corrected chi connectivity index (χ3v) is 3.21. The molecule has 0 aliphatic rings. The maximum absolute atomic E-state index is 11.8. The Hall–Kier alpha value is -2.24. The smallest absolute Gasteiger partial charge is 0.340 e. The minimum Gasteiger partial charge on any atom is -0.462 e. The summed E-state index contributed by atoms with van der Waals surface area (Å²) < 4.78 is 4.98. The number of hydrogen-bond acceptors (Lipinski definition) is 5. The molecule has 0 radical (unpaired) electrons. The number of nitrogens with two attached hydrogens (primary N) is 1. The van der Waals surface area contributed by atoms with Gasteiger partial charge in [0.15, 0.2) is 0 Å². The van der Waals surface area contributed by atoms with Crippen molar-refractivity contribution in [3.63, 3.8) is 0 Å². The lowest BCUT2D eigenvalue weighted by atomic mass is 10.1. The van der Waals surface area contributed by atoms with Crippen molar-refractivity contribution in [2.75, 3.05) is 37.9 Å². The second-order valence-corrected chi connectivity index (χ2v) is 4.89. The Balaban J connectivity index is 2.90. The molecule has 6 nitrogen and oxygen atoms in total. The van der Waals surface area contributed by atoms with Crippen LogP contribution in [0.15, 0.2) is 18.2 Å². The van der Waals surface area contributed by atoms with E-state index in [1.807, 2.05) is 24.9 Å². The van der Waals surface area contributed by atoms with Crippen molar-refractivity contribution in [1.29, 1.82) is 0 Å². The monoisotopic (exact) mass is 293 g/mol. The van der Waals surface area contributed by atoms with Crippen molar-refractivity contribution in [1.82, 2.24) is 5.32 Å². The quantitative estimate of drug-likeness (QED) is 0.609. The van der Waals surface area contributed by atoms with Crippen LogP contribution in [0.25, 0.3) is 0 Å². The van der Waals surface area contributed by atoms with Gasteiger partial charge in [-0.1, -0.05) is 6.92 Å². The molecule has 1 unspecified atom stereocenters. The minimum atomic E-state index is -0.440. The summed E-state index contributed by atoms with van der Waals surface area (Å²) in [4.78, 5) is 25.3. The summed E-state index contributed by atoms with van der Waals surface area (Å²) in [6.07, 6.45) is 0. The predicted octanol–water partition coefficient (Wildman–Crippen LogP) is 1.26. The summed E-state index contributed by atoms with van der Waals surface area (Å²) in [5, 5.41) is 2.62. The minimum absolute atomic E-state index is 0.0251. The molecule has 0 aromatic heterocycles. The molecule has 21 heavy (non-hydrogen) atoms. The molecular formula is C15H23N3O3. The second-order valence-electron chi connectivity index (χ2n) is 4.89. The number of anilines is 2. The van der Waals surface area contributed by atoms with E-state index in [2.05, 4.69) is 5.32 Å². The molecule has 116 valence electrons. The number of benzene rings is 1. The zero-order valence-electron chi connectivity index (χ0n) is 13.0. The summed E-state index contributed by atoms with van der Waals surface area (Å²) in [5.41, 5.74) is 7.34. The second kappa shape index (κ2) is 7.52. The first kappa shape index (κ1) is 16.8. The molecule has 1 atom stereocenters. The highest BCUT2D eigenvalue weighted by Gasteiger charge is 2.16. The van der Waals surface area contributed by atoms with E-state index in [1.54, 1.807) is 26.1 Å². The number of nitrogen functional groups attached to an aromatic ring is 1. The van der Waals surface area contributed by atoms with Gasteiger partial charge in [0.2, 0.25) is 5.91 Å². The molecule has 1 aromatic carbocycles. The highest BCUT2D eigenvalue weighted by atomic mass is 16.5. The van der Waals surface area contributed by atoms with Crippen molar-refractivity contribution < 1.29 is 14.3 Å². The number of hydrogen-bond donors (Lipinski definition) is 2. The van der Waals surface area contributed by atoms with E-state index in [-0.39, 0.29) is 11.8 Å². The summed E-state index contributed by atoms with van der Waals surface area (Å²) in [6.45, 7) is 4.42. The van der Waals surface area contributed by atoms with Gasteiger partial charge in [0.25, 0.3) is 0 Å². The zero-order valence-corrected chi connectivity index (χ0v) is 13.0. The molecule has 0 aliphatic heterocycles. The van der Waals surface area contributed by atoms with E-state index in [9.17, 15) is 9.59 Å². The van der Waals surface area contributed by atoms with E-state index < -0.39 is 5.97 Å². The van der Waals surface area contributed by atoms with Gasteiger partial charge in [0.1, 0.15) is 0 Å². The molecule has 0 saturated heterocycles. The van der Waals surface area contributed by atoms with Crippen LogP contribution >= 0.6 is 0 Å². The van der Waals surface area contributed by atoms with Gasteiger partial charge in [-0.25, -0.2) is 4.79 Å². The molecule has 0 heterocycles. The number of carbonyl (C=O) groups excluding carboxylic acids is 2. The molecular weight excluding hydrogens is 270 g/mol. The van der Waals surface area contributed by atoms with Crippen molar-refractivity contribution in [2.24, 2.45) is 5.92 Å². The molecule has 3 N–H and O–H groups in total. The molecule has 1 aromatic rings. The summed E-state index contributed by atoms with van der Waals surface area (Å²) in [6, 6.07) is 5.17. The van der Waals surface area contributed by atoms with Crippen LogP contribution in [0, 0.1) is 5.92 Å². The lowest BCUT2D eigenvalue weighted by Crippen LogP contribution is -2.34. The highest BCUT2D eigenvalue weighted by molar-refractivity contribution is 5.96. The Morgan fingerprint density at radius 2 is 2.10 bits per heavy atom. The number of carbonyl (C=O) groups is 2. The third-order valence-electron chi connectivity index (χ3n) is 3.21. The Bertz CT molecular complexity index is 517. The van der Waals surface area contributed by atoms with Crippen LogP contribution in [0.3, 0.4) is 0 Å². The topological polar surface area (TPSA) is 84.7 Å². The van der Waals surface area contributed by atoms with Crippen LogP contribution in [0.2, 0.25) is 0 Å². The Morgan fingerprint density at radius 1 is 1.43 bits per heavy atom. The molecule has 0 spiro atoms. The van der Waals surface area contributed by atoms with Crippen LogP contribution in [-0.2, 0) is 9.53 Å². The van der Waals surface area contributed by atoms with Crippen LogP contribution < -0.4 is 16.0 Å². The van der Waals surface area contributed by atoms with E-state index in [4.69, 9.17) is 10.5 Å². The fourth-order valence-electron chi connectivity index (χ4n) is 2.01. The van der Waals surface area contributed by atoms with E-state index >= 15 is 0 Å². The van der Waals surface area contributed by atoms with Crippen molar-refractivity contribution >= 4 is 23.3 Å². The lowest BCUT2D eigenvalue weighted by molar-refractivity contribution is -0.123. The highest BCUT2D eigenvalue weighted by Crippen LogP contribution is 2.22. The fourth-order valence-corrected chi connectivity index (χ4v) is 2.01. The van der Waals surface area contributed by atoms with Gasteiger partial charge < -0.3 is 20.7 Å². The van der Waals surface area contributed by atoms with E-state index in [1.165, 1.54) is 0 Å². The van der Waals surface area contributed by atoms with Crippen molar-refractivity contribution in [3.8, 4) is 0 Å². The third kappa shape index (κ3) is 4.37. The van der Waals surface area contributed by atoms with Gasteiger partial charge in [0.05, 0.1) is 18.1 Å². The SMILES string of the molecule is CCOC(=O)c1cc(N(C)CC(C)C(=O)NC)ccc1N. The zero-order chi connectivity index (χ0) is 16.0. The summed E-state index contributed by atoms with van der Waals surface area (Å²) in [7, 11) is 3.47. The van der Waals surface area contributed by atoms with Crippen LogP contribution in [0.5, 0.6) is 0 Å². The average molecular weight is 293 g/mol. The van der Waals surface area contributed by atoms with Crippen LogP contribution in [0.1, 0.15) is 24.2 Å². The van der Waals surface area contributed by atoms with Crippen molar-refractivity contribution in [3.05, 3.63) is 23.8 Å². The molecule has 0 aliphatic carbocycles. The number of amides is 1. The largest absolute Gasteiger partial charge is 0.462 e. The number of nitrogens with one attached hydrogen (secondary N) is 1. The molecule has 6 heteroatoms. The predicted molar refractivity (Wildman–Crippen MR) is 83.3 cm³/mol. The maximum atomic E-state index is 11.8. The number of rotatable bonds is 6. The summed E-state index contributed by atoms with van der Waals surface area (Å²) in [5.74, 6) is -0.629. The van der Waals surface area contributed by atoms with Gasteiger partial charge in [-0.2, -0.15) is 0 Å². The average Bonchev–Trinajstić information content (AvgIpc) is 2.46. The number of ether oxygens (including phenoxy) is 1. The molecule has 1 rings (SSSR count). The molecule has 0 fully saturated rings.